The second kappa shape index (κ2) is 6.00. The molecule has 0 fully saturated rings. The van der Waals surface area contributed by atoms with Crippen molar-refractivity contribution < 1.29 is 14.0 Å². The highest BCUT2D eigenvalue weighted by atomic mass is 35.5. The molecule has 0 amide bonds. The molecule has 0 bridgehead atoms. The minimum atomic E-state index is -0.370. The molecule has 0 heterocycles. The lowest BCUT2D eigenvalue weighted by atomic mass is 10.4. The lowest BCUT2D eigenvalue weighted by molar-refractivity contribution is -0.888. The number of carbonyl (C=O) groups is 1. The first-order valence-corrected chi connectivity index (χ1v) is 4.72. The van der Waals surface area contributed by atoms with Gasteiger partial charge in [-0.3, -0.25) is 0 Å². The van der Waals surface area contributed by atoms with Crippen molar-refractivity contribution in [2.24, 2.45) is 0 Å². The zero-order valence-electron chi connectivity index (χ0n) is 8.25. The summed E-state index contributed by atoms with van der Waals surface area (Å²) in [6, 6.07) is 0. The number of carbonyl (C=O) groups excluding carboxylic acids is 1. The summed E-state index contributed by atoms with van der Waals surface area (Å²) in [6.45, 7) is 5.36. The highest BCUT2D eigenvalue weighted by molar-refractivity contribution is 6.17. The third-order valence-corrected chi connectivity index (χ3v) is 1.97. The van der Waals surface area contributed by atoms with E-state index in [1.165, 1.54) is 6.08 Å². The van der Waals surface area contributed by atoms with Crippen LogP contribution >= 0.6 is 11.6 Å². The highest BCUT2D eigenvalue weighted by Gasteiger charge is 2.13. The van der Waals surface area contributed by atoms with Gasteiger partial charge in [0.15, 0.2) is 0 Å². The number of alkyl halides is 1. The number of quaternary nitrogens is 1. The third-order valence-electron chi connectivity index (χ3n) is 1.80. The Morgan fingerprint density at radius 2 is 2.15 bits per heavy atom. The SMILES string of the molecule is C=CC(=O)OCC[N+](C)(C)CCCl. The van der Waals surface area contributed by atoms with Gasteiger partial charge in [-0.2, -0.15) is 0 Å². The summed E-state index contributed by atoms with van der Waals surface area (Å²) in [5.74, 6) is 0.244. The predicted molar refractivity (Wildman–Crippen MR) is 53.7 cm³/mol. The quantitative estimate of drug-likeness (QED) is 0.281. The number of hydrogen-bond donors (Lipinski definition) is 0. The molecule has 0 aliphatic rings. The fourth-order valence-corrected chi connectivity index (χ4v) is 1.25. The molecule has 0 unspecified atom stereocenters. The van der Waals surface area contributed by atoms with Crippen molar-refractivity contribution in [3.8, 4) is 0 Å². The number of hydrogen-bond acceptors (Lipinski definition) is 2. The monoisotopic (exact) mass is 206 g/mol. The second-order valence-electron chi connectivity index (χ2n) is 3.44. The fraction of sp³-hybridized carbons (Fsp3) is 0.667. The van der Waals surface area contributed by atoms with Gasteiger partial charge in [0.05, 0.1) is 26.5 Å². The lowest BCUT2D eigenvalue weighted by Gasteiger charge is -2.28. The van der Waals surface area contributed by atoms with Crippen LogP contribution in [0.15, 0.2) is 12.7 Å². The molecule has 0 aromatic heterocycles. The summed E-state index contributed by atoms with van der Waals surface area (Å²) in [5.41, 5.74) is 0. The normalized spacial score (nSPS) is 11.0. The topological polar surface area (TPSA) is 26.3 Å². The first kappa shape index (κ1) is 12.5. The van der Waals surface area contributed by atoms with Crippen LogP contribution in [0.3, 0.4) is 0 Å². The minimum Gasteiger partial charge on any atom is -0.457 e. The average Bonchev–Trinajstić information content (AvgIpc) is 2.03. The van der Waals surface area contributed by atoms with E-state index in [2.05, 4.69) is 6.58 Å². The summed E-state index contributed by atoms with van der Waals surface area (Å²) in [7, 11) is 4.09. The molecule has 0 aromatic carbocycles. The Morgan fingerprint density at radius 1 is 1.54 bits per heavy atom. The van der Waals surface area contributed by atoms with Crippen molar-refractivity contribution in [2.45, 2.75) is 0 Å². The number of rotatable bonds is 6. The molecule has 0 atom stereocenters. The van der Waals surface area contributed by atoms with Gasteiger partial charge in [-0.1, -0.05) is 6.58 Å². The standard InChI is InChI=1S/C9H17ClNO2/c1-4-9(12)13-8-7-11(2,3)6-5-10/h4H,1,5-8H2,2-3H3/q+1. The Morgan fingerprint density at radius 3 is 2.62 bits per heavy atom. The highest BCUT2D eigenvalue weighted by Crippen LogP contribution is 1.97. The molecule has 0 saturated carbocycles. The molecule has 0 aromatic rings. The molecule has 0 aliphatic carbocycles. The first-order chi connectivity index (χ1) is 6.02. The summed E-state index contributed by atoms with van der Waals surface area (Å²) < 4.78 is 5.62. The van der Waals surface area contributed by atoms with E-state index in [1.54, 1.807) is 0 Å². The van der Waals surface area contributed by atoms with Crippen LogP contribution in [0.2, 0.25) is 0 Å². The molecule has 0 radical (unpaired) electrons. The lowest BCUT2D eigenvalue weighted by Crippen LogP contribution is -2.43. The molecule has 0 aliphatic heterocycles. The van der Waals surface area contributed by atoms with Crippen LogP contribution in [-0.4, -0.2) is 50.1 Å². The van der Waals surface area contributed by atoms with E-state index in [1.807, 2.05) is 14.1 Å². The van der Waals surface area contributed by atoms with Crippen LogP contribution in [0, 0.1) is 0 Å². The minimum absolute atomic E-state index is 0.370. The molecule has 76 valence electrons. The van der Waals surface area contributed by atoms with Gasteiger partial charge in [-0.15, -0.1) is 11.6 Å². The molecule has 0 saturated heterocycles. The molecule has 4 heteroatoms. The van der Waals surface area contributed by atoms with Crippen molar-refractivity contribution in [1.82, 2.24) is 0 Å². The number of ether oxygens (including phenoxy) is 1. The second-order valence-corrected chi connectivity index (χ2v) is 3.82. The number of likely N-dealkylation sites (N-methyl/N-ethyl adjacent to an activating group) is 1. The van der Waals surface area contributed by atoms with Crippen LogP contribution in [0.4, 0.5) is 0 Å². The molecule has 0 N–H and O–H groups in total. The average molecular weight is 207 g/mol. The van der Waals surface area contributed by atoms with Crippen molar-refractivity contribution in [1.29, 1.82) is 0 Å². The van der Waals surface area contributed by atoms with Gasteiger partial charge in [0, 0.05) is 6.08 Å². The Kier molecular flexibility index (Phi) is 5.75. The predicted octanol–water partition coefficient (Wildman–Crippen LogP) is 1.03. The van der Waals surface area contributed by atoms with Crippen LogP contribution in [0.1, 0.15) is 0 Å². The van der Waals surface area contributed by atoms with Crippen LogP contribution in [-0.2, 0) is 9.53 Å². The van der Waals surface area contributed by atoms with Gasteiger partial charge in [-0.05, 0) is 0 Å². The number of halogens is 1. The maximum absolute atomic E-state index is 10.7. The zero-order valence-corrected chi connectivity index (χ0v) is 9.01. The molecular formula is C9H17ClNO2+. The van der Waals surface area contributed by atoms with Gasteiger partial charge >= 0.3 is 5.97 Å². The first-order valence-electron chi connectivity index (χ1n) is 4.19. The van der Waals surface area contributed by atoms with Gasteiger partial charge in [0.2, 0.25) is 0 Å². The van der Waals surface area contributed by atoms with E-state index in [0.717, 1.165) is 17.6 Å². The summed E-state index contributed by atoms with van der Waals surface area (Å²) in [6.07, 6.45) is 1.17. The van der Waals surface area contributed by atoms with Crippen molar-refractivity contribution in [3.05, 3.63) is 12.7 Å². The zero-order chi connectivity index (χ0) is 10.3. The van der Waals surface area contributed by atoms with Crippen LogP contribution in [0.25, 0.3) is 0 Å². The molecular weight excluding hydrogens is 190 g/mol. The fourth-order valence-electron chi connectivity index (χ4n) is 0.793. The Bertz CT molecular complexity index is 180. The summed E-state index contributed by atoms with van der Waals surface area (Å²) in [4.78, 5) is 10.7. The molecule has 13 heavy (non-hydrogen) atoms. The molecule has 3 nitrogen and oxygen atoms in total. The van der Waals surface area contributed by atoms with E-state index in [-0.39, 0.29) is 5.97 Å². The maximum Gasteiger partial charge on any atom is 0.330 e. The van der Waals surface area contributed by atoms with Gasteiger partial charge in [0.25, 0.3) is 0 Å². The number of nitrogens with zero attached hydrogens (tertiary/aromatic N) is 1. The van der Waals surface area contributed by atoms with E-state index >= 15 is 0 Å². The maximum atomic E-state index is 10.7. The number of esters is 1. The van der Waals surface area contributed by atoms with Crippen molar-refractivity contribution in [3.63, 3.8) is 0 Å². The summed E-state index contributed by atoms with van der Waals surface area (Å²) in [5, 5.41) is 0. The summed E-state index contributed by atoms with van der Waals surface area (Å²) >= 11 is 5.62. The molecule has 0 spiro atoms. The Labute approximate surface area is 84.5 Å². The van der Waals surface area contributed by atoms with Crippen molar-refractivity contribution >= 4 is 17.6 Å². The van der Waals surface area contributed by atoms with E-state index in [0.29, 0.717) is 12.5 Å². The van der Waals surface area contributed by atoms with Gasteiger partial charge in [0.1, 0.15) is 13.2 Å². The van der Waals surface area contributed by atoms with Gasteiger partial charge in [-0.25, -0.2) is 4.79 Å². The third kappa shape index (κ3) is 6.61. The van der Waals surface area contributed by atoms with Crippen LogP contribution < -0.4 is 0 Å². The van der Waals surface area contributed by atoms with E-state index in [4.69, 9.17) is 16.3 Å². The van der Waals surface area contributed by atoms with Gasteiger partial charge < -0.3 is 9.22 Å². The molecule has 0 rings (SSSR count). The Balaban J connectivity index is 3.62. The smallest absolute Gasteiger partial charge is 0.330 e. The van der Waals surface area contributed by atoms with E-state index < -0.39 is 0 Å². The van der Waals surface area contributed by atoms with E-state index in [9.17, 15) is 4.79 Å². The van der Waals surface area contributed by atoms with Crippen LogP contribution in [0.5, 0.6) is 0 Å². The van der Waals surface area contributed by atoms with Crippen molar-refractivity contribution in [2.75, 3.05) is 39.7 Å². The largest absolute Gasteiger partial charge is 0.457 e. The Hall–Kier alpha value is -0.540.